The number of carbonyl (C=O) groups is 2. The molecule has 5 aromatic carbocycles. The summed E-state index contributed by atoms with van der Waals surface area (Å²) in [6, 6.07) is 48.9. The standard InChI is InChI=1S/C17H16O2.C15H14O.C9H8O/c1-14(18)19-17(16-10-6-3-7-11-16)13-12-15-8-4-2-5-9-15;16-15(14-9-5-2-6-10-14)12-11-13-7-3-1-4-8-13;10-8-4-7-9-5-2-1-3-6-9/h2-13,17H,1H3;1-12,15-16H;1-8H/b13-12+;12-11+;7-4+. The maximum atomic E-state index is 11.2. The van der Waals surface area contributed by atoms with Gasteiger partial charge in [-0.1, -0.05) is 176 Å². The predicted octanol–water partition coefficient (Wildman–Crippen LogP) is 9.34. The van der Waals surface area contributed by atoms with Crippen LogP contribution in [0, 0.1) is 0 Å². The van der Waals surface area contributed by atoms with Crippen LogP contribution in [-0.2, 0) is 14.3 Å². The van der Waals surface area contributed by atoms with Crippen molar-refractivity contribution in [1.82, 2.24) is 0 Å². The molecule has 0 aliphatic heterocycles. The highest BCUT2D eigenvalue weighted by molar-refractivity contribution is 5.73. The maximum Gasteiger partial charge on any atom is 0.303 e. The van der Waals surface area contributed by atoms with Crippen molar-refractivity contribution in [3.05, 3.63) is 198 Å². The van der Waals surface area contributed by atoms with Gasteiger partial charge < -0.3 is 9.84 Å². The summed E-state index contributed by atoms with van der Waals surface area (Å²) in [5, 5.41) is 9.90. The number of aldehydes is 1. The van der Waals surface area contributed by atoms with Crippen LogP contribution in [0.25, 0.3) is 18.2 Å². The molecule has 0 heterocycles. The summed E-state index contributed by atoms with van der Waals surface area (Å²) in [5.74, 6) is -0.286. The van der Waals surface area contributed by atoms with Crippen molar-refractivity contribution < 1.29 is 19.4 Å². The first-order chi connectivity index (χ1) is 22.0. The van der Waals surface area contributed by atoms with Gasteiger partial charge in [0.15, 0.2) is 0 Å². The molecule has 226 valence electrons. The van der Waals surface area contributed by atoms with E-state index in [0.29, 0.717) is 0 Å². The normalized spacial score (nSPS) is 12.0. The summed E-state index contributed by atoms with van der Waals surface area (Å²) in [7, 11) is 0. The summed E-state index contributed by atoms with van der Waals surface area (Å²) < 4.78 is 5.33. The number of hydrogen-bond acceptors (Lipinski definition) is 4. The molecular formula is C41H38O4. The second kappa shape index (κ2) is 20.3. The third-order valence-electron chi connectivity index (χ3n) is 6.26. The van der Waals surface area contributed by atoms with Crippen molar-refractivity contribution in [3.63, 3.8) is 0 Å². The summed E-state index contributed by atoms with van der Waals surface area (Å²) >= 11 is 0. The van der Waals surface area contributed by atoms with Crippen LogP contribution in [0.5, 0.6) is 0 Å². The van der Waals surface area contributed by atoms with Gasteiger partial charge in [0.25, 0.3) is 0 Å². The number of benzene rings is 5. The summed E-state index contributed by atoms with van der Waals surface area (Å²) in [6.45, 7) is 1.42. The molecular weight excluding hydrogens is 556 g/mol. The van der Waals surface area contributed by atoms with Gasteiger partial charge in [0, 0.05) is 6.92 Å². The highest BCUT2D eigenvalue weighted by atomic mass is 16.5. The summed E-state index contributed by atoms with van der Waals surface area (Å²) in [5.41, 5.74) is 5.10. The fourth-order valence-electron chi connectivity index (χ4n) is 4.04. The molecule has 5 rings (SSSR count). The zero-order valence-corrected chi connectivity index (χ0v) is 25.3. The van der Waals surface area contributed by atoms with E-state index < -0.39 is 6.10 Å². The topological polar surface area (TPSA) is 63.6 Å². The third kappa shape index (κ3) is 14.0. The molecule has 4 nitrogen and oxygen atoms in total. The van der Waals surface area contributed by atoms with Crippen LogP contribution in [0.4, 0.5) is 0 Å². The van der Waals surface area contributed by atoms with Gasteiger partial charge in [-0.2, -0.15) is 0 Å². The Kier molecular flexibility index (Phi) is 15.3. The van der Waals surface area contributed by atoms with Crippen LogP contribution in [0.2, 0.25) is 0 Å². The average molecular weight is 595 g/mol. The van der Waals surface area contributed by atoms with Crippen molar-refractivity contribution in [3.8, 4) is 0 Å². The van der Waals surface area contributed by atoms with Gasteiger partial charge >= 0.3 is 5.97 Å². The molecule has 0 amide bonds. The molecule has 2 unspecified atom stereocenters. The second-order valence-corrected chi connectivity index (χ2v) is 9.74. The molecule has 1 N–H and O–H groups in total. The van der Waals surface area contributed by atoms with Crippen molar-refractivity contribution in [2.75, 3.05) is 0 Å². The van der Waals surface area contributed by atoms with E-state index in [0.717, 1.165) is 34.1 Å². The van der Waals surface area contributed by atoms with E-state index in [1.807, 2.05) is 170 Å². The second-order valence-electron chi connectivity index (χ2n) is 9.74. The molecule has 5 aromatic rings. The molecule has 4 heteroatoms. The number of hydrogen-bond donors (Lipinski definition) is 1. The number of allylic oxidation sites excluding steroid dienone is 1. The number of rotatable bonds is 9. The molecule has 0 aliphatic rings. The van der Waals surface area contributed by atoms with Gasteiger partial charge in [-0.3, -0.25) is 9.59 Å². The molecule has 0 saturated heterocycles. The Morgan fingerprint density at radius 1 is 0.556 bits per heavy atom. The number of ether oxygens (including phenoxy) is 1. The number of aliphatic hydroxyl groups is 1. The smallest absolute Gasteiger partial charge is 0.303 e. The lowest BCUT2D eigenvalue weighted by Gasteiger charge is -2.13. The Bertz CT molecular complexity index is 1600. The van der Waals surface area contributed by atoms with E-state index >= 15 is 0 Å². The molecule has 0 fully saturated rings. The van der Waals surface area contributed by atoms with Gasteiger partial charge in [-0.25, -0.2) is 0 Å². The third-order valence-corrected chi connectivity index (χ3v) is 6.26. The molecule has 0 saturated carbocycles. The highest BCUT2D eigenvalue weighted by Gasteiger charge is 2.10. The minimum absolute atomic E-state index is 0.286. The molecule has 0 aromatic heterocycles. The maximum absolute atomic E-state index is 11.2. The van der Waals surface area contributed by atoms with Crippen LogP contribution in [0.15, 0.2) is 170 Å². The van der Waals surface area contributed by atoms with E-state index in [4.69, 9.17) is 4.74 Å². The largest absolute Gasteiger partial charge is 0.453 e. The van der Waals surface area contributed by atoms with Crippen molar-refractivity contribution in [2.45, 2.75) is 19.1 Å². The highest BCUT2D eigenvalue weighted by Crippen LogP contribution is 2.20. The molecule has 2 atom stereocenters. The minimum Gasteiger partial charge on any atom is -0.453 e. The first-order valence-electron chi connectivity index (χ1n) is 14.6. The van der Waals surface area contributed by atoms with Crippen molar-refractivity contribution in [2.24, 2.45) is 0 Å². The van der Waals surface area contributed by atoms with Gasteiger partial charge in [-0.15, -0.1) is 0 Å². The van der Waals surface area contributed by atoms with Crippen LogP contribution >= 0.6 is 0 Å². The Hall–Kier alpha value is -5.58. The zero-order chi connectivity index (χ0) is 32.0. The lowest BCUT2D eigenvalue weighted by atomic mass is 10.1. The lowest BCUT2D eigenvalue weighted by molar-refractivity contribution is -0.144. The Labute approximate surface area is 266 Å². The molecule has 45 heavy (non-hydrogen) atoms. The van der Waals surface area contributed by atoms with Crippen LogP contribution in [0.1, 0.15) is 46.9 Å². The van der Waals surface area contributed by atoms with E-state index in [1.165, 1.54) is 13.0 Å². The zero-order valence-electron chi connectivity index (χ0n) is 25.3. The van der Waals surface area contributed by atoms with Crippen molar-refractivity contribution in [1.29, 1.82) is 0 Å². The van der Waals surface area contributed by atoms with Crippen LogP contribution in [0.3, 0.4) is 0 Å². The van der Waals surface area contributed by atoms with E-state index in [2.05, 4.69) is 0 Å². The molecule has 0 radical (unpaired) electrons. The van der Waals surface area contributed by atoms with E-state index in [9.17, 15) is 14.7 Å². The predicted molar refractivity (Wildman–Crippen MR) is 185 cm³/mol. The van der Waals surface area contributed by atoms with Gasteiger partial charge in [0.2, 0.25) is 0 Å². The molecule has 0 aliphatic carbocycles. The molecule has 0 spiro atoms. The van der Waals surface area contributed by atoms with Gasteiger partial charge in [0.05, 0.1) is 6.10 Å². The summed E-state index contributed by atoms with van der Waals surface area (Å²) in [6.07, 6.45) is 10.7. The van der Waals surface area contributed by atoms with Crippen LogP contribution < -0.4 is 0 Å². The minimum atomic E-state index is -0.540. The lowest BCUT2D eigenvalue weighted by Crippen LogP contribution is -2.05. The molecule has 0 bridgehead atoms. The number of aliphatic hydroxyl groups excluding tert-OH is 1. The number of esters is 1. The SMILES string of the molecule is CC(=O)OC(/C=C/c1ccccc1)c1ccccc1.O=C/C=C/c1ccccc1.OC(/C=C/c1ccccc1)c1ccccc1. The monoisotopic (exact) mass is 594 g/mol. The Balaban J connectivity index is 0.000000193. The number of carbonyl (C=O) groups excluding carboxylic acids is 2. The fraction of sp³-hybridized carbons (Fsp3) is 0.0732. The Morgan fingerprint density at radius 2 is 0.933 bits per heavy atom. The van der Waals surface area contributed by atoms with E-state index in [1.54, 1.807) is 12.2 Å². The quantitative estimate of drug-likeness (QED) is 0.105. The van der Waals surface area contributed by atoms with Gasteiger partial charge in [0.1, 0.15) is 12.4 Å². The average Bonchev–Trinajstić information content (AvgIpc) is 3.10. The van der Waals surface area contributed by atoms with Crippen LogP contribution in [-0.4, -0.2) is 17.4 Å². The van der Waals surface area contributed by atoms with Crippen molar-refractivity contribution >= 4 is 30.5 Å². The fourth-order valence-corrected chi connectivity index (χ4v) is 4.04. The Morgan fingerprint density at radius 3 is 1.36 bits per heavy atom. The first-order valence-corrected chi connectivity index (χ1v) is 14.6. The first kappa shape index (κ1) is 33.9. The van der Waals surface area contributed by atoms with E-state index in [-0.39, 0.29) is 12.1 Å². The van der Waals surface area contributed by atoms with Gasteiger partial charge in [-0.05, 0) is 40.0 Å². The summed E-state index contributed by atoms with van der Waals surface area (Å²) in [4.78, 5) is 21.1.